The van der Waals surface area contributed by atoms with Crippen LogP contribution in [0.2, 0.25) is 0 Å². The molecule has 2 amide bonds. The van der Waals surface area contributed by atoms with E-state index in [1.54, 1.807) is 11.1 Å². The van der Waals surface area contributed by atoms with Crippen LogP contribution < -0.4 is 0 Å². The lowest BCUT2D eigenvalue weighted by Gasteiger charge is -2.38. The maximum Gasteiger partial charge on any atom is 0.274 e. The second-order valence-corrected chi connectivity index (χ2v) is 7.15. The Labute approximate surface area is 135 Å². The zero-order chi connectivity index (χ0) is 15.9. The molecular weight excluding hydrogens is 292 g/mol. The van der Waals surface area contributed by atoms with E-state index in [9.17, 15) is 9.59 Å². The molecule has 1 aliphatic carbocycles. The van der Waals surface area contributed by atoms with Crippen molar-refractivity contribution in [1.29, 1.82) is 0 Å². The highest BCUT2D eigenvalue weighted by Gasteiger charge is 2.50. The molecule has 1 unspecified atom stereocenters. The Kier molecular flexibility index (Phi) is 3.54. The van der Waals surface area contributed by atoms with Gasteiger partial charge in [0.25, 0.3) is 5.91 Å². The van der Waals surface area contributed by atoms with E-state index in [1.807, 2.05) is 4.90 Å². The molecule has 1 aromatic heterocycles. The Morgan fingerprint density at radius 3 is 2.87 bits per heavy atom. The molecule has 3 fully saturated rings. The normalized spacial score (nSPS) is 27.7. The number of hydrogen-bond donors (Lipinski definition) is 0. The van der Waals surface area contributed by atoms with E-state index >= 15 is 0 Å². The zero-order valence-corrected chi connectivity index (χ0v) is 13.3. The van der Waals surface area contributed by atoms with Gasteiger partial charge in [0.1, 0.15) is 5.69 Å². The van der Waals surface area contributed by atoms with Crippen LogP contribution in [-0.4, -0.2) is 57.8 Å². The quantitative estimate of drug-likeness (QED) is 0.844. The van der Waals surface area contributed by atoms with Crippen molar-refractivity contribution in [1.82, 2.24) is 19.8 Å². The molecule has 3 heterocycles. The fourth-order valence-corrected chi connectivity index (χ4v) is 3.93. The van der Waals surface area contributed by atoms with Crippen LogP contribution >= 0.6 is 0 Å². The summed E-state index contributed by atoms with van der Waals surface area (Å²) in [5, 5.41) is 0. The first-order valence-electron chi connectivity index (χ1n) is 8.53. The molecule has 0 bridgehead atoms. The number of likely N-dealkylation sites (tertiary alicyclic amines) is 2. The maximum absolute atomic E-state index is 12.9. The molecule has 2 aliphatic heterocycles. The Balaban J connectivity index is 1.48. The second kappa shape index (κ2) is 5.58. The molecule has 0 radical (unpaired) electrons. The van der Waals surface area contributed by atoms with Crippen molar-refractivity contribution in [3.05, 3.63) is 24.3 Å². The molecule has 122 valence electrons. The molecule has 2 saturated heterocycles. The van der Waals surface area contributed by atoms with Crippen LogP contribution in [0.5, 0.6) is 0 Å². The third-order valence-corrected chi connectivity index (χ3v) is 5.42. The highest BCUT2D eigenvalue weighted by molar-refractivity contribution is 5.93. The number of rotatable bonds is 3. The van der Waals surface area contributed by atoms with Gasteiger partial charge in [0.05, 0.1) is 11.6 Å². The molecule has 23 heavy (non-hydrogen) atoms. The summed E-state index contributed by atoms with van der Waals surface area (Å²) >= 11 is 0. The maximum atomic E-state index is 12.9. The highest BCUT2D eigenvalue weighted by Crippen LogP contribution is 2.42. The molecule has 0 N–H and O–H groups in total. The number of amides is 2. The van der Waals surface area contributed by atoms with Crippen LogP contribution in [0, 0.1) is 11.3 Å². The topological polar surface area (TPSA) is 66.4 Å². The van der Waals surface area contributed by atoms with E-state index in [4.69, 9.17) is 0 Å². The van der Waals surface area contributed by atoms with Crippen molar-refractivity contribution in [3.8, 4) is 0 Å². The molecule has 1 saturated carbocycles. The number of carbonyl (C=O) groups is 2. The molecule has 1 spiro atoms. The van der Waals surface area contributed by atoms with E-state index < -0.39 is 0 Å². The largest absolute Gasteiger partial charge is 0.342 e. The van der Waals surface area contributed by atoms with E-state index in [1.165, 1.54) is 25.2 Å². The summed E-state index contributed by atoms with van der Waals surface area (Å²) in [4.78, 5) is 37.4. The highest BCUT2D eigenvalue weighted by atomic mass is 16.2. The van der Waals surface area contributed by atoms with Gasteiger partial charge in [-0.1, -0.05) is 0 Å². The summed E-state index contributed by atoms with van der Waals surface area (Å²) in [5.41, 5.74) is 0.00944. The van der Waals surface area contributed by atoms with Crippen molar-refractivity contribution < 1.29 is 9.59 Å². The molecular formula is C17H22N4O2. The Morgan fingerprint density at radius 2 is 2.13 bits per heavy atom. The lowest BCUT2D eigenvalue weighted by molar-refractivity contribution is -0.138. The van der Waals surface area contributed by atoms with Gasteiger partial charge in [-0.15, -0.1) is 0 Å². The van der Waals surface area contributed by atoms with Gasteiger partial charge in [-0.2, -0.15) is 0 Å². The van der Waals surface area contributed by atoms with E-state index in [2.05, 4.69) is 9.97 Å². The minimum Gasteiger partial charge on any atom is -0.342 e. The number of carbonyl (C=O) groups excluding carboxylic acids is 2. The molecule has 6 heteroatoms. The summed E-state index contributed by atoms with van der Waals surface area (Å²) in [6.07, 6.45) is 9.77. The number of nitrogens with zero attached hydrogens (tertiary/aromatic N) is 4. The van der Waals surface area contributed by atoms with Gasteiger partial charge in [0.2, 0.25) is 5.91 Å². The first-order chi connectivity index (χ1) is 11.2. The Bertz CT molecular complexity index is 616. The molecule has 0 aromatic carbocycles. The summed E-state index contributed by atoms with van der Waals surface area (Å²) in [6, 6.07) is 0. The van der Waals surface area contributed by atoms with Crippen LogP contribution in [0.3, 0.4) is 0 Å². The Morgan fingerprint density at radius 1 is 1.26 bits per heavy atom. The SMILES string of the molecule is O=C(c1cnccn1)N1CCCC2(CCN(CC3CC3)C2=O)C1. The van der Waals surface area contributed by atoms with E-state index in [-0.39, 0.29) is 17.2 Å². The van der Waals surface area contributed by atoms with Gasteiger partial charge in [-0.25, -0.2) is 4.98 Å². The third-order valence-electron chi connectivity index (χ3n) is 5.42. The van der Waals surface area contributed by atoms with Crippen molar-refractivity contribution in [2.45, 2.75) is 32.1 Å². The first-order valence-corrected chi connectivity index (χ1v) is 8.53. The van der Waals surface area contributed by atoms with Crippen LogP contribution in [0.25, 0.3) is 0 Å². The van der Waals surface area contributed by atoms with Crippen molar-refractivity contribution in [3.63, 3.8) is 0 Å². The average molecular weight is 314 g/mol. The molecule has 4 rings (SSSR count). The lowest BCUT2D eigenvalue weighted by atomic mass is 9.78. The van der Waals surface area contributed by atoms with Gasteiger partial charge in [-0.3, -0.25) is 14.6 Å². The fraction of sp³-hybridized carbons (Fsp3) is 0.647. The van der Waals surface area contributed by atoms with Crippen LogP contribution in [0.15, 0.2) is 18.6 Å². The minimum atomic E-state index is -0.356. The minimum absolute atomic E-state index is 0.106. The van der Waals surface area contributed by atoms with Crippen LogP contribution in [0.4, 0.5) is 0 Å². The van der Waals surface area contributed by atoms with Gasteiger partial charge < -0.3 is 9.80 Å². The average Bonchev–Trinajstić information content (AvgIpc) is 3.37. The van der Waals surface area contributed by atoms with Gasteiger partial charge >= 0.3 is 0 Å². The fourth-order valence-electron chi connectivity index (χ4n) is 3.93. The van der Waals surface area contributed by atoms with Gasteiger partial charge in [0.15, 0.2) is 0 Å². The van der Waals surface area contributed by atoms with Crippen molar-refractivity contribution in [2.75, 3.05) is 26.2 Å². The van der Waals surface area contributed by atoms with Crippen LogP contribution in [0.1, 0.15) is 42.6 Å². The summed E-state index contributed by atoms with van der Waals surface area (Å²) in [6.45, 7) is 3.00. The van der Waals surface area contributed by atoms with Gasteiger partial charge in [0, 0.05) is 38.6 Å². The van der Waals surface area contributed by atoms with E-state index in [0.717, 1.165) is 38.3 Å². The summed E-state index contributed by atoms with van der Waals surface area (Å²) < 4.78 is 0. The Hall–Kier alpha value is -1.98. The summed E-state index contributed by atoms with van der Waals surface area (Å²) in [7, 11) is 0. The zero-order valence-electron chi connectivity index (χ0n) is 13.3. The van der Waals surface area contributed by atoms with Gasteiger partial charge in [-0.05, 0) is 38.0 Å². The lowest BCUT2D eigenvalue weighted by Crippen LogP contribution is -2.50. The first kappa shape index (κ1) is 14.6. The van der Waals surface area contributed by atoms with Crippen LogP contribution in [-0.2, 0) is 4.79 Å². The standard InChI is InChI=1S/C17H22N4O2/c22-15(14-10-18-6-7-19-14)21-8-1-4-17(12-21)5-9-20(16(17)23)11-13-2-3-13/h6-7,10,13H,1-5,8-9,11-12H2. The predicted molar refractivity (Wildman–Crippen MR) is 83.5 cm³/mol. The molecule has 1 atom stereocenters. The van der Waals surface area contributed by atoms with E-state index in [0.29, 0.717) is 18.8 Å². The smallest absolute Gasteiger partial charge is 0.274 e. The second-order valence-electron chi connectivity index (χ2n) is 7.15. The monoisotopic (exact) mass is 314 g/mol. The van der Waals surface area contributed by atoms with Crippen molar-refractivity contribution >= 4 is 11.8 Å². The molecule has 1 aromatic rings. The molecule has 6 nitrogen and oxygen atoms in total. The number of aromatic nitrogens is 2. The number of hydrogen-bond acceptors (Lipinski definition) is 4. The van der Waals surface area contributed by atoms with Crippen molar-refractivity contribution in [2.24, 2.45) is 11.3 Å². The summed E-state index contributed by atoms with van der Waals surface area (Å²) in [5.74, 6) is 0.877. The molecule has 3 aliphatic rings. The third kappa shape index (κ3) is 2.71. The number of piperidine rings is 1. The predicted octanol–water partition coefficient (Wildman–Crippen LogP) is 1.34.